The van der Waals surface area contributed by atoms with E-state index in [4.69, 9.17) is 0 Å². The number of pyridine rings is 1. The monoisotopic (exact) mass is 535 g/mol. The van der Waals surface area contributed by atoms with Crippen LogP contribution in [0.25, 0.3) is 0 Å². The first-order chi connectivity index (χ1) is 18.9. The molecule has 3 aliphatic rings. The Morgan fingerprint density at radius 2 is 1.79 bits per heavy atom. The first kappa shape index (κ1) is 28.0. The first-order valence-electron chi connectivity index (χ1n) is 15.2. The van der Waals surface area contributed by atoms with Crippen molar-refractivity contribution < 1.29 is 9.18 Å². The molecule has 39 heavy (non-hydrogen) atoms. The van der Waals surface area contributed by atoms with Crippen LogP contribution in [0, 0.1) is 11.7 Å². The van der Waals surface area contributed by atoms with Crippen molar-refractivity contribution in [2.75, 3.05) is 44.2 Å². The fourth-order valence-corrected chi connectivity index (χ4v) is 7.02. The van der Waals surface area contributed by atoms with E-state index in [0.29, 0.717) is 18.2 Å². The lowest BCUT2D eigenvalue weighted by Crippen LogP contribution is -2.46. The third-order valence-corrected chi connectivity index (χ3v) is 9.18. The quantitative estimate of drug-likeness (QED) is 0.429. The third kappa shape index (κ3) is 6.46. The van der Waals surface area contributed by atoms with Gasteiger partial charge in [0.2, 0.25) is 0 Å². The molecule has 7 heteroatoms. The van der Waals surface area contributed by atoms with Gasteiger partial charge in [0.05, 0.1) is 23.1 Å². The fraction of sp³-hybridized carbons (Fsp3) is 0.625. The van der Waals surface area contributed by atoms with Gasteiger partial charge in [0.15, 0.2) is 0 Å². The predicted octanol–water partition coefficient (Wildman–Crippen LogP) is 6.09. The summed E-state index contributed by atoms with van der Waals surface area (Å²) in [6.45, 7) is 12.7. The number of carbonyl (C=O) groups is 1. The average Bonchev–Trinajstić information content (AvgIpc) is 3.14. The molecular weight excluding hydrogens is 489 g/mol. The molecule has 6 nitrogen and oxygen atoms in total. The van der Waals surface area contributed by atoms with Crippen LogP contribution >= 0.6 is 0 Å². The Balaban J connectivity index is 1.34. The number of fused-ring (bicyclic) bond motifs is 1. The number of likely N-dealkylation sites (tertiary alicyclic amines) is 1. The summed E-state index contributed by atoms with van der Waals surface area (Å²) in [5.74, 6) is 0.386. The van der Waals surface area contributed by atoms with Gasteiger partial charge in [-0.15, -0.1) is 0 Å². The number of nitrogens with zero attached hydrogens (tertiary/aromatic N) is 5. The second-order valence-corrected chi connectivity index (χ2v) is 12.0. The van der Waals surface area contributed by atoms with Crippen molar-refractivity contribution in [3.63, 3.8) is 0 Å². The van der Waals surface area contributed by atoms with E-state index in [2.05, 4.69) is 25.8 Å². The topological polar surface area (TPSA) is 42.9 Å². The minimum atomic E-state index is -0.384. The Hall–Kier alpha value is -2.51. The molecule has 1 saturated heterocycles. The number of benzene rings is 1. The molecule has 1 aromatic carbocycles. The van der Waals surface area contributed by atoms with Crippen molar-refractivity contribution in [1.82, 2.24) is 19.7 Å². The van der Waals surface area contributed by atoms with Gasteiger partial charge in [-0.1, -0.05) is 19.3 Å². The van der Waals surface area contributed by atoms with Crippen molar-refractivity contribution >= 4 is 17.3 Å². The zero-order valence-electron chi connectivity index (χ0n) is 24.1. The van der Waals surface area contributed by atoms with Crippen LogP contribution in [0.15, 0.2) is 36.7 Å². The first-order valence-corrected chi connectivity index (χ1v) is 15.2. The van der Waals surface area contributed by atoms with Crippen molar-refractivity contribution in [3.8, 4) is 0 Å². The lowest BCUT2D eigenvalue weighted by atomic mass is 9.88. The Kier molecular flexibility index (Phi) is 9.18. The summed E-state index contributed by atoms with van der Waals surface area (Å²) in [5.41, 5.74) is 3.41. The van der Waals surface area contributed by atoms with E-state index >= 15 is 0 Å². The van der Waals surface area contributed by atoms with Gasteiger partial charge in [-0.2, -0.15) is 0 Å². The fourth-order valence-electron chi connectivity index (χ4n) is 7.02. The number of rotatable bonds is 7. The molecule has 1 aliphatic carbocycles. The second kappa shape index (κ2) is 12.8. The summed E-state index contributed by atoms with van der Waals surface area (Å²) in [6.07, 6.45) is 13.2. The van der Waals surface area contributed by atoms with Gasteiger partial charge in [0.25, 0.3) is 5.91 Å². The molecule has 0 radical (unpaired) electrons. The zero-order valence-corrected chi connectivity index (χ0v) is 24.1. The average molecular weight is 536 g/mol. The molecule has 1 aromatic heterocycles. The second-order valence-electron chi connectivity index (χ2n) is 12.0. The standard InChI is InChI=1S/C32H46FN5O/c1-4-37(24(2)3)32(39)29-20-27(33)10-11-30(29)38-19-18-36(23-26-12-15-34-21-31(26)38)28-13-16-35(17-14-28)22-25-8-6-5-7-9-25/h10-12,15,20-21,24-25,28H,4-9,13-14,16-19,22-23H2,1-3H3. The highest BCUT2D eigenvalue weighted by atomic mass is 19.1. The van der Waals surface area contributed by atoms with Crippen LogP contribution in [0.1, 0.15) is 81.6 Å². The van der Waals surface area contributed by atoms with E-state index < -0.39 is 0 Å². The Bertz CT molecular complexity index is 1110. The molecule has 0 bridgehead atoms. The van der Waals surface area contributed by atoms with E-state index in [9.17, 15) is 9.18 Å². The molecule has 1 saturated carbocycles. The summed E-state index contributed by atoms with van der Waals surface area (Å²) in [5, 5.41) is 0. The van der Waals surface area contributed by atoms with Crippen LogP contribution in [0.4, 0.5) is 15.8 Å². The Morgan fingerprint density at radius 3 is 2.51 bits per heavy atom. The van der Waals surface area contributed by atoms with Crippen LogP contribution in [0.2, 0.25) is 0 Å². The van der Waals surface area contributed by atoms with E-state index in [1.807, 2.05) is 33.2 Å². The van der Waals surface area contributed by atoms with Gasteiger partial charge in [-0.3, -0.25) is 14.7 Å². The molecule has 0 atom stereocenters. The number of anilines is 2. The number of hydrogen-bond donors (Lipinski definition) is 0. The SMILES string of the molecule is CCN(C(=O)c1cc(F)ccc1N1CCN(C2CCN(CC3CCCCC3)CC2)Cc2ccncc21)C(C)C. The van der Waals surface area contributed by atoms with Crippen LogP contribution in [0.5, 0.6) is 0 Å². The van der Waals surface area contributed by atoms with Crippen LogP contribution < -0.4 is 4.90 Å². The number of carbonyl (C=O) groups excluding carboxylic acids is 1. The molecule has 212 valence electrons. The number of aromatic nitrogens is 1. The molecule has 0 N–H and O–H groups in total. The predicted molar refractivity (Wildman–Crippen MR) is 156 cm³/mol. The van der Waals surface area contributed by atoms with E-state index in [1.54, 1.807) is 11.0 Å². The summed E-state index contributed by atoms with van der Waals surface area (Å²) in [6, 6.07) is 7.35. The molecule has 1 amide bonds. The minimum absolute atomic E-state index is 0.0381. The summed E-state index contributed by atoms with van der Waals surface area (Å²) in [7, 11) is 0. The van der Waals surface area contributed by atoms with Gasteiger partial charge in [0.1, 0.15) is 5.82 Å². The van der Waals surface area contributed by atoms with Crippen molar-refractivity contribution in [2.24, 2.45) is 5.92 Å². The summed E-state index contributed by atoms with van der Waals surface area (Å²) >= 11 is 0. The third-order valence-electron chi connectivity index (χ3n) is 9.18. The van der Waals surface area contributed by atoms with Gasteiger partial charge in [-0.05, 0) is 95.3 Å². The maximum atomic E-state index is 14.5. The van der Waals surface area contributed by atoms with E-state index in [0.717, 1.165) is 36.9 Å². The maximum Gasteiger partial charge on any atom is 0.256 e. The number of hydrogen-bond acceptors (Lipinski definition) is 5. The molecule has 3 heterocycles. The molecule has 2 fully saturated rings. The van der Waals surface area contributed by atoms with E-state index in [1.165, 1.54) is 82.3 Å². The normalized spacial score (nSPS) is 20.2. The van der Waals surface area contributed by atoms with Crippen LogP contribution in [-0.2, 0) is 6.54 Å². The molecule has 2 aromatic rings. The van der Waals surface area contributed by atoms with Gasteiger partial charge < -0.3 is 14.7 Å². The number of amides is 1. The molecular formula is C32H46FN5O. The molecule has 0 unspecified atom stereocenters. The van der Waals surface area contributed by atoms with Crippen molar-refractivity contribution in [3.05, 3.63) is 53.6 Å². The highest BCUT2D eigenvalue weighted by Crippen LogP contribution is 2.36. The van der Waals surface area contributed by atoms with Crippen LogP contribution in [0.3, 0.4) is 0 Å². The minimum Gasteiger partial charge on any atom is -0.338 e. The largest absolute Gasteiger partial charge is 0.338 e. The van der Waals surface area contributed by atoms with Gasteiger partial charge >= 0.3 is 0 Å². The molecule has 5 rings (SSSR count). The smallest absolute Gasteiger partial charge is 0.256 e. The van der Waals surface area contributed by atoms with Crippen LogP contribution in [-0.4, -0.2) is 76.9 Å². The Morgan fingerprint density at radius 1 is 1.03 bits per heavy atom. The summed E-state index contributed by atoms with van der Waals surface area (Å²) in [4.78, 5) is 27.4. The lowest BCUT2D eigenvalue weighted by molar-refractivity contribution is 0.0717. The van der Waals surface area contributed by atoms with Gasteiger partial charge in [0, 0.05) is 51.0 Å². The highest BCUT2D eigenvalue weighted by Gasteiger charge is 2.31. The molecule has 2 aliphatic heterocycles. The van der Waals surface area contributed by atoms with Gasteiger partial charge in [-0.25, -0.2) is 4.39 Å². The zero-order chi connectivity index (χ0) is 27.4. The number of piperidine rings is 1. The van der Waals surface area contributed by atoms with E-state index in [-0.39, 0.29) is 17.8 Å². The molecule has 0 spiro atoms. The maximum absolute atomic E-state index is 14.5. The number of halogens is 1. The highest BCUT2D eigenvalue weighted by molar-refractivity contribution is 6.01. The summed E-state index contributed by atoms with van der Waals surface area (Å²) < 4.78 is 14.5. The Labute approximate surface area is 234 Å². The van der Waals surface area contributed by atoms with Crippen molar-refractivity contribution in [1.29, 1.82) is 0 Å². The lowest BCUT2D eigenvalue weighted by Gasteiger charge is -2.39. The van der Waals surface area contributed by atoms with Crippen molar-refractivity contribution in [2.45, 2.75) is 84.3 Å².